The Labute approximate surface area is 173 Å². The van der Waals surface area contributed by atoms with Gasteiger partial charge in [-0.3, -0.25) is 4.98 Å². The molecule has 9 heteroatoms. The number of aryl methyl sites for hydroxylation is 1. The van der Waals surface area contributed by atoms with Crippen molar-refractivity contribution in [3.63, 3.8) is 0 Å². The first-order valence-electron chi connectivity index (χ1n) is 10.2. The second-order valence-corrected chi connectivity index (χ2v) is 7.27. The molecule has 1 aliphatic rings. The number of esters is 1. The fraction of sp³-hybridized carbons (Fsp3) is 0.429. The number of nitrogens with two attached hydrogens (primary N) is 1. The molecule has 8 nitrogen and oxygen atoms in total. The van der Waals surface area contributed by atoms with E-state index in [1.165, 1.54) is 12.4 Å². The first kappa shape index (κ1) is 20.2. The van der Waals surface area contributed by atoms with E-state index in [9.17, 15) is 9.18 Å². The molecule has 4 heterocycles. The smallest absolute Gasteiger partial charge is 0.343 e. The molecule has 0 unspecified atom stereocenters. The average molecular weight is 412 g/mol. The lowest BCUT2D eigenvalue weighted by atomic mass is 10.00. The number of fused-ring (bicyclic) bond motifs is 1. The highest BCUT2D eigenvalue weighted by Gasteiger charge is 2.30. The van der Waals surface area contributed by atoms with Gasteiger partial charge < -0.3 is 15.4 Å². The van der Waals surface area contributed by atoms with Crippen LogP contribution in [0, 0.1) is 5.82 Å². The summed E-state index contributed by atoms with van der Waals surface area (Å²) in [5.74, 6) is -0.0873. The zero-order valence-corrected chi connectivity index (χ0v) is 16.9. The molecular weight excluding hydrogens is 387 g/mol. The van der Waals surface area contributed by atoms with Crippen LogP contribution in [0.15, 0.2) is 30.7 Å². The van der Waals surface area contributed by atoms with E-state index >= 15 is 0 Å². The van der Waals surface area contributed by atoms with Gasteiger partial charge in [-0.2, -0.15) is 5.10 Å². The topological polar surface area (TPSA) is 98.6 Å². The largest absolute Gasteiger partial charge is 0.462 e. The molecule has 4 rings (SSSR count). The van der Waals surface area contributed by atoms with Gasteiger partial charge in [0.15, 0.2) is 5.65 Å². The van der Waals surface area contributed by atoms with E-state index in [0.29, 0.717) is 30.0 Å². The minimum Gasteiger partial charge on any atom is -0.462 e. The monoisotopic (exact) mass is 412 g/mol. The van der Waals surface area contributed by atoms with Crippen molar-refractivity contribution in [2.24, 2.45) is 5.73 Å². The summed E-state index contributed by atoms with van der Waals surface area (Å²) in [5.41, 5.74) is 8.18. The van der Waals surface area contributed by atoms with Gasteiger partial charge in [-0.1, -0.05) is 0 Å². The Bertz CT molecular complexity index is 1050. The molecule has 0 aromatic carbocycles. The zero-order valence-electron chi connectivity index (χ0n) is 16.9. The Morgan fingerprint density at radius 2 is 2.27 bits per heavy atom. The van der Waals surface area contributed by atoms with Crippen LogP contribution in [-0.2, 0) is 11.2 Å². The van der Waals surface area contributed by atoms with Gasteiger partial charge in [0, 0.05) is 18.4 Å². The van der Waals surface area contributed by atoms with Crippen LogP contribution in [0.3, 0.4) is 0 Å². The summed E-state index contributed by atoms with van der Waals surface area (Å²) in [6.45, 7) is 3.38. The lowest BCUT2D eigenvalue weighted by Gasteiger charge is -2.27. The van der Waals surface area contributed by atoms with Gasteiger partial charge in [0.2, 0.25) is 0 Å². The standard InChI is InChI=1S/C21H25FN6O2/c1-2-30-21(29)16-13-25-28-10-7-19(26-20(16)28)27-9-4-6-18(27)15-11-14(22)12-24-17(15)5-3-8-23/h7,10-13,18H,2-6,8-9,23H2,1H3/t18-/m1/s1. The van der Waals surface area contributed by atoms with E-state index in [4.69, 9.17) is 15.5 Å². The number of pyridine rings is 1. The van der Waals surface area contributed by atoms with Crippen LogP contribution in [0.5, 0.6) is 0 Å². The summed E-state index contributed by atoms with van der Waals surface area (Å²) in [6.07, 6.45) is 7.82. The number of halogens is 1. The predicted molar refractivity (Wildman–Crippen MR) is 110 cm³/mol. The van der Waals surface area contributed by atoms with Crippen LogP contribution < -0.4 is 10.6 Å². The van der Waals surface area contributed by atoms with Gasteiger partial charge >= 0.3 is 5.97 Å². The molecule has 1 saturated heterocycles. The third kappa shape index (κ3) is 3.85. The molecule has 30 heavy (non-hydrogen) atoms. The second kappa shape index (κ2) is 8.74. The molecule has 158 valence electrons. The molecule has 0 radical (unpaired) electrons. The maximum Gasteiger partial charge on any atom is 0.343 e. The molecule has 0 amide bonds. The second-order valence-electron chi connectivity index (χ2n) is 7.27. The van der Waals surface area contributed by atoms with Crippen molar-refractivity contribution in [2.45, 2.75) is 38.6 Å². The van der Waals surface area contributed by atoms with Crippen LogP contribution in [-0.4, -0.2) is 45.2 Å². The van der Waals surface area contributed by atoms with Crippen molar-refractivity contribution in [2.75, 3.05) is 24.6 Å². The van der Waals surface area contributed by atoms with Gasteiger partial charge in [0.05, 0.1) is 25.0 Å². The highest BCUT2D eigenvalue weighted by Crippen LogP contribution is 2.37. The van der Waals surface area contributed by atoms with E-state index in [-0.39, 0.29) is 18.5 Å². The number of ether oxygens (including phenoxy) is 1. The Morgan fingerprint density at radius 1 is 1.40 bits per heavy atom. The third-order valence-corrected chi connectivity index (χ3v) is 5.34. The van der Waals surface area contributed by atoms with E-state index < -0.39 is 5.97 Å². The van der Waals surface area contributed by atoms with E-state index in [0.717, 1.165) is 37.1 Å². The molecule has 1 aliphatic heterocycles. The Balaban J connectivity index is 1.70. The number of hydrogen-bond donors (Lipinski definition) is 1. The summed E-state index contributed by atoms with van der Waals surface area (Å²) >= 11 is 0. The van der Waals surface area contributed by atoms with Crippen molar-refractivity contribution in [3.05, 3.63) is 53.4 Å². The Kier molecular flexibility index (Phi) is 5.89. The summed E-state index contributed by atoms with van der Waals surface area (Å²) in [7, 11) is 0. The molecule has 0 bridgehead atoms. The number of aromatic nitrogens is 4. The summed E-state index contributed by atoms with van der Waals surface area (Å²) in [6, 6.07) is 3.40. The number of carbonyl (C=O) groups is 1. The molecular formula is C21H25FN6O2. The normalized spacial score (nSPS) is 16.4. The fourth-order valence-electron chi connectivity index (χ4n) is 3.99. The fourth-order valence-corrected chi connectivity index (χ4v) is 3.99. The maximum absolute atomic E-state index is 14.0. The summed E-state index contributed by atoms with van der Waals surface area (Å²) in [5, 5.41) is 4.19. The first-order valence-corrected chi connectivity index (χ1v) is 10.2. The number of anilines is 1. The van der Waals surface area contributed by atoms with Crippen molar-refractivity contribution in [3.8, 4) is 0 Å². The van der Waals surface area contributed by atoms with Gasteiger partial charge in [-0.05, 0) is 56.8 Å². The maximum atomic E-state index is 14.0. The van der Waals surface area contributed by atoms with Gasteiger partial charge in [0.1, 0.15) is 17.2 Å². The van der Waals surface area contributed by atoms with E-state index in [1.807, 2.05) is 6.07 Å². The molecule has 2 N–H and O–H groups in total. The number of rotatable bonds is 7. The minimum atomic E-state index is -0.450. The SMILES string of the molecule is CCOC(=O)c1cnn2ccc(N3CCC[C@@H]3c3cc(F)cnc3CCCN)nc12. The quantitative estimate of drug-likeness (QED) is 0.596. The lowest BCUT2D eigenvalue weighted by Crippen LogP contribution is -2.25. The van der Waals surface area contributed by atoms with Crippen molar-refractivity contribution >= 4 is 17.4 Å². The van der Waals surface area contributed by atoms with Gasteiger partial charge in [-0.25, -0.2) is 18.7 Å². The van der Waals surface area contributed by atoms with Crippen molar-refractivity contribution < 1.29 is 13.9 Å². The number of nitrogens with zero attached hydrogens (tertiary/aromatic N) is 5. The van der Waals surface area contributed by atoms with Crippen LogP contribution in [0.4, 0.5) is 10.2 Å². The van der Waals surface area contributed by atoms with Gasteiger partial charge in [0.25, 0.3) is 0 Å². The van der Waals surface area contributed by atoms with E-state index in [1.54, 1.807) is 23.7 Å². The highest BCUT2D eigenvalue weighted by molar-refractivity contribution is 5.95. The predicted octanol–water partition coefficient (Wildman–Crippen LogP) is 2.67. The zero-order chi connectivity index (χ0) is 21.1. The molecule has 1 atom stereocenters. The van der Waals surface area contributed by atoms with Crippen molar-refractivity contribution in [1.82, 2.24) is 19.6 Å². The Morgan fingerprint density at radius 3 is 3.07 bits per heavy atom. The number of hydrogen-bond acceptors (Lipinski definition) is 7. The van der Waals surface area contributed by atoms with Gasteiger partial charge in [-0.15, -0.1) is 0 Å². The molecule has 3 aromatic rings. The van der Waals surface area contributed by atoms with Crippen LogP contribution in [0.25, 0.3) is 5.65 Å². The van der Waals surface area contributed by atoms with E-state index in [2.05, 4.69) is 15.0 Å². The Hall–Kier alpha value is -3.07. The van der Waals surface area contributed by atoms with Crippen molar-refractivity contribution in [1.29, 1.82) is 0 Å². The van der Waals surface area contributed by atoms with Crippen LogP contribution in [0.1, 0.15) is 53.8 Å². The first-order chi connectivity index (χ1) is 14.6. The summed E-state index contributed by atoms with van der Waals surface area (Å²) < 4.78 is 20.7. The number of carbonyl (C=O) groups excluding carboxylic acids is 1. The molecule has 1 fully saturated rings. The average Bonchev–Trinajstić information content (AvgIpc) is 3.39. The lowest BCUT2D eigenvalue weighted by molar-refractivity contribution is 0.0528. The summed E-state index contributed by atoms with van der Waals surface area (Å²) in [4.78, 5) is 23.4. The van der Waals surface area contributed by atoms with Crippen LogP contribution >= 0.6 is 0 Å². The molecule has 0 aliphatic carbocycles. The van der Waals surface area contributed by atoms with Crippen LogP contribution in [0.2, 0.25) is 0 Å². The molecule has 3 aromatic heterocycles. The minimum absolute atomic E-state index is 0.0371. The molecule has 0 spiro atoms. The highest BCUT2D eigenvalue weighted by atomic mass is 19.1. The third-order valence-electron chi connectivity index (χ3n) is 5.34. The molecule has 0 saturated carbocycles.